The van der Waals surface area contributed by atoms with Gasteiger partial charge in [-0.05, 0) is 224 Å². The third-order valence-corrected chi connectivity index (χ3v) is 33.8. The zero-order valence-corrected chi connectivity index (χ0v) is 49.7. The van der Waals surface area contributed by atoms with Crippen LogP contribution in [0.1, 0.15) is 207 Å². The lowest BCUT2D eigenvalue weighted by atomic mass is 9.41. The molecule has 2 saturated heterocycles. The lowest BCUT2D eigenvalue weighted by Gasteiger charge is -2.64. The number of aliphatic hydroxyl groups is 2. The van der Waals surface area contributed by atoms with Crippen LogP contribution in [0.2, 0.25) is 18.1 Å². The number of carbonyl (C=O) groups excluding carboxylic acids is 1. The van der Waals surface area contributed by atoms with Crippen LogP contribution in [0.15, 0.2) is 0 Å². The first-order chi connectivity index (χ1) is 34.1. The molecule has 24 atom stereocenters. The van der Waals surface area contributed by atoms with Gasteiger partial charge in [0, 0.05) is 10.8 Å². The topological polar surface area (TPSA) is 132 Å². The number of hydrogen-bond acceptors (Lipinski definition) is 8. The molecule has 0 bridgehead atoms. The van der Waals surface area contributed by atoms with Crippen LogP contribution in [0.3, 0.4) is 0 Å². The van der Waals surface area contributed by atoms with E-state index in [1.165, 1.54) is 57.8 Å². The van der Waals surface area contributed by atoms with Crippen molar-refractivity contribution in [3.63, 3.8) is 0 Å². The predicted molar refractivity (Wildman–Crippen MR) is 288 cm³/mol. The van der Waals surface area contributed by atoms with Crippen molar-refractivity contribution in [1.29, 1.82) is 0 Å². The van der Waals surface area contributed by atoms with E-state index in [-0.39, 0.29) is 74.7 Å². The molecule has 0 aromatic heterocycles. The fourth-order valence-electron chi connectivity index (χ4n) is 24.7. The van der Waals surface area contributed by atoms with Crippen molar-refractivity contribution >= 4 is 20.3 Å². The number of aliphatic hydroxyl groups excluding tert-OH is 2. The maximum absolute atomic E-state index is 13.1. The van der Waals surface area contributed by atoms with Gasteiger partial charge in [0.2, 0.25) is 0 Å². The molecule has 10 saturated carbocycles. The second kappa shape index (κ2) is 17.0. The standard InChI is InChI=1S/C36H62O4Si.C27H42O5/c1-11-38-31(37)25-21-23(5)28-29(39-25)30(40-41(12-2,13-3)14-4)34(10)27-16-15-26-32(7,8)24(6)17-18-35(26)22-36(27,35)20-19-33(28,34)9;1-14-12-15(22(30)31)32-20-19(14)24(4)10-11-27-13-26(27)9-8-18(28)23(2,3)16(26)6-7-17(27)25(24,5)21(20)29/h23-30H,11-22H2,1-10H3;14-21,28-29H,6-13H2,1-5H3,(H,30,31)/t23-,24+,25-,26+,27+,28+,29+,30+,33-,34-,35-,36?;14-,15-,16+,17+,18+,19+,20+,21+,24-,25-,26-,27?/m11/s1. The molecule has 10 heteroatoms. The lowest BCUT2D eigenvalue weighted by molar-refractivity contribution is -0.183. The summed E-state index contributed by atoms with van der Waals surface area (Å²) in [5, 5.41) is 32.4. The predicted octanol–water partition coefficient (Wildman–Crippen LogP) is 13.3. The van der Waals surface area contributed by atoms with E-state index in [4.69, 9.17) is 18.6 Å². The summed E-state index contributed by atoms with van der Waals surface area (Å²) in [6.45, 7) is 36.4. The molecule has 12 fully saturated rings. The van der Waals surface area contributed by atoms with Crippen molar-refractivity contribution in [2.75, 3.05) is 6.61 Å². The van der Waals surface area contributed by atoms with E-state index in [0.29, 0.717) is 64.3 Å². The third-order valence-electron chi connectivity index (χ3n) is 29.2. The Morgan fingerprint density at radius 3 is 1.59 bits per heavy atom. The molecule has 2 unspecified atom stereocenters. The smallest absolute Gasteiger partial charge is 0.335 e. The molecule has 0 amide bonds. The molecule has 10 aliphatic carbocycles. The van der Waals surface area contributed by atoms with E-state index in [1.807, 2.05) is 6.92 Å². The Morgan fingerprint density at radius 2 is 1.04 bits per heavy atom. The van der Waals surface area contributed by atoms with Gasteiger partial charge in [0.25, 0.3) is 0 Å². The number of rotatable bonds is 8. The highest BCUT2D eigenvalue weighted by Crippen LogP contribution is 2.91. The van der Waals surface area contributed by atoms with E-state index in [1.54, 1.807) is 0 Å². The van der Waals surface area contributed by atoms with E-state index in [0.717, 1.165) is 68.5 Å². The average Bonchev–Trinajstić information content (AvgIpc) is 4.20. The van der Waals surface area contributed by atoms with Gasteiger partial charge in [-0.15, -0.1) is 0 Å². The Labute approximate surface area is 443 Å². The molecular formula is C63H104O9Si. The molecule has 0 aromatic carbocycles. The molecule has 9 nitrogen and oxygen atoms in total. The number of ether oxygens (including phenoxy) is 3. The maximum Gasteiger partial charge on any atom is 0.335 e. The van der Waals surface area contributed by atoms with Gasteiger partial charge in [0.15, 0.2) is 20.5 Å². The van der Waals surface area contributed by atoms with E-state index in [9.17, 15) is 24.9 Å². The minimum atomic E-state index is -1.93. The molecule has 3 N–H and O–H groups in total. The van der Waals surface area contributed by atoms with Crippen LogP contribution in [0.25, 0.3) is 0 Å². The summed E-state index contributed by atoms with van der Waals surface area (Å²) in [6, 6.07) is 3.47. The van der Waals surface area contributed by atoms with Crippen LogP contribution in [-0.2, 0) is 28.2 Å². The maximum atomic E-state index is 13.1. The van der Waals surface area contributed by atoms with E-state index in [2.05, 4.69) is 96.9 Å². The van der Waals surface area contributed by atoms with E-state index < -0.39 is 32.6 Å². The second-order valence-electron chi connectivity index (χ2n) is 30.9. The number of carbonyl (C=O) groups is 2. The van der Waals surface area contributed by atoms with Gasteiger partial charge in [-0.1, -0.05) is 96.9 Å². The van der Waals surface area contributed by atoms with Crippen molar-refractivity contribution in [3.05, 3.63) is 0 Å². The summed E-state index contributed by atoms with van der Waals surface area (Å²) in [6.07, 6.45) is 16.5. The Kier molecular flexibility index (Phi) is 12.6. The fraction of sp³-hybridized carbons (Fsp3) is 0.968. The van der Waals surface area contributed by atoms with Crippen molar-refractivity contribution in [2.45, 2.75) is 267 Å². The molecule has 12 aliphatic rings. The number of aliphatic carboxylic acids is 1. The minimum Gasteiger partial charge on any atom is -0.479 e. The third kappa shape index (κ3) is 6.49. The molecule has 2 heterocycles. The summed E-state index contributed by atoms with van der Waals surface area (Å²) >= 11 is 0. The van der Waals surface area contributed by atoms with Crippen molar-refractivity contribution in [2.24, 2.45) is 107 Å². The number of fused-ring (bicyclic) bond motifs is 8. The summed E-state index contributed by atoms with van der Waals surface area (Å²) in [4.78, 5) is 24.9. The minimum absolute atomic E-state index is 0.00919. The monoisotopic (exact) mass is 1030 g/mol. The molecular weight excluding hydrogens is 929 g/mol. The first-order valence-corrected chi connectivity index (χ1v) is 33.4. The van der Waals surface area contributed by atoms with Gasteiger partial charge in [0.05, 0.1) is 37.1 Å². The zero-order chi connectivity index (χ0) is 52.9. The Bertz CT molecular complexity index is 2190. The molecule has 0 radical (unpaired) electrons. The van der Waals surface area contributed by atoms with E-state index >= 15 is 0 Å². The molecule has 12 rings (SSSR count). The highest BCUT2D eigenvalue weighted by Gasteiger charge is 2.87. The largest absolute Gasteiger partial charge is 0.479 e. The number of carboxylic acids is 1. The van der Waals surface area contributed by atoms with Gasteiger partial charge in [-0.2, -0.15) is 0 Å². The van der Waals surface area contributed by atoms with Gasteiger partial charge >= 0.3 is 11.9 Å². The number of esters is 1. The van der Waals surface area contributed by atoms with Gasteiger partial charge < -0.3 is 34.0 Å². The molecule has 4 spiro atoms. The Morgan fingerprint density at radius 1 is 0.575 bits per heavy atom. The molecule has 2 aliphatic heterocycles. The van der Waals surface area contributed by atoms with Crippen LogP contribution < -0.4 is 0 Å². The Hall–Kier alpha value is -1.04. The second-order valence-corrected chi connectivity index (χ2v) is 35.6. The SMILES string of the molecule is CCOC(=O)[C@H]1C[C@@H](C)[C@H]2[C@H](O1)[C@H](O[Si](CC)(CC)CC)[C@@]1(C)[C@@H]3CC[C@H]4C(C)(C)[C@@H](C)CC[C@@]45CC35CC[C@]21C.C[C@@H]1C[C@H](C(=O)O)O[C@H]2[C@H]1[C@@]1(C)CCC34C[C@@]35CC[C@H](O)C(C)(C)[C@@H]5CC[C@H]4[C@]1(C)[C@H]2O. The van der Waals surface area contributed by atoms with Gasteiger partial charge in [-0.25, -0.2) is 9.59 Å². The number of carboxylic acid groups (broad SMARTS) is 1. The molecule has 73 heavy (non-hydrogen) atoms. The normalized spacial score (nSPS) is 56.1. The van der Waals surface area contributed by atoms with Crippen LogP contribution in [0, 0.1) is 107 Å². The highest BCUT2D eigenvalue weighted by atomic mass is 28.4. The first-order valence-electron chi connectivity index (χ1n) is 30.9. The average molecular weight is 1030 g/mol. The van der Waals surface area contributed by atoms with Crippen LogP contribution in [0.4, 0.5) is 0 Å². The highest BCUT2D eigenvalue weighted by molar-refractivity contribution is 6.73. The van der Waals surface area contributed by atoms with Gasteiger partial charge in [0.1, 0.15) is 0 Å². The fourth-order valence-corrected chi connectivity index (χ4v) is 27.7. The molecule has 414 valence electrons. The van der Waals surface area contributed by atoms with Crippen molar-refractivity contribution < 1.29 is 43.5 Å². The lowest BCUT2D eigenvalue weighted by Crippen LogP contribution is -2.60. The van der Waals surface area contributed by atoms with Crippen molar-refractivity contribution in [1.82, 2.24) is 0 Å². The quantitative estimate of drug-likeness (QED) is 0.161. The van der Waals surface area contributed by atoms with Crippen LogP contribution >= 0.6 is 0 Å². The first kappa shape index (κ1) is 53.9. The summed E-state index contributed by atoms with van der Waals surface area (Å²) in [7, 11) is -1.93. The molecule has 0 aromatic rings. The van der Waals surface area contributed by atoms with Crippen molar-refractivity contribution in [3.8, 4) is 0 Å². The van der Waals surface area contributed by atoms with Gasteiger partial charge in [-0.3, -0.25) is 0 Å². The summed E-state index contributed by atoms with van der Waals surface area (Å²) in [5.74, 6) is 3.66. The summed E-state index contributed by atoms with van der Waals surface area (Å²) in [5.41, 5.74) is 1.98. The summed E-state index contributed by atoms with van der Waals surface area (Å²) < 4.78 is 26.5. The Balaban J connectivity index is 0.000000162. The van der Waals surface area contributed by atoms with Crippen LogP contribution in [0.5, 0.6) is 0 Å². The zero-order valence-electron chi connectivity index (χ0n) is 48.7. The van der Waals surface area contributed by atoms with Crippen LogP contribution in [-0.4, -0.2) is 84.9 Å². The number of hydrogen-bond donors (Lipinski definition) is 3.